The summed E-state index contributed by atoms with van der Waals surface area (Å²) in [6.07, 6.45) is 0. The molecule has 0 aliphatic rings. The number of nitrogens with one attached hydrogen (secondary N) is 2. The standard InChI is InChI=1S/C15H14ClN3O/c16-11-5-3-4-10(15(11)20)8-17-9-14-18-12-6-1-2-7-13(12)19-14/h1-7,17,20H,8-9H2,(H,18,19). The van der Waals surface area contributed by atoms with Crippen LogP contribution >= 0.6 is 11.6 Å². The highest BCUT2D eigenvalue weighted by Gasteiger charge is 2.05. The van der Waals surface area contributed by atoms with E-state index < -0.39 is 0 Å². The van der Waals surface area contributed by atoms with Crippen LogP contribution in [0.5, 0.6) is 5.75 Å². The van der Waals surface area contributed by atoms with Gasteiger partial charge in [0.1, 0.15) is 11.6 Å². The molecule has 0 radical (unpaired) electrons. The summed E-state index contributed by atoms with van der Waals surface area (Å²) in [5.74, 6) is 0.999. The highest BCUT2D eigenvalue weighted by Crippen LogP contribution is 2.26. The SMILES string of the molecule is Oc1c(Cl)cccc1CNCc1nc2ccccc2[nH]1. The quantitative estimate of drug-likeness (QED) is 0.690. The Morgan fingerprint density at radius 3 is 2.80 bits per heavy atom. The minimum absolute atomic E-state index is 0.131. The fraction of sp³-hybridized carbons (Fsp3) is 0.133. The van der Waals surface area contributed by atoms with E-state index in [1.165, 1.54) is 0 Å². The molecule has 102 valence electrons. The monoisotopic (exact) mass is 287 g/mol. The maximum Gasteiger partial charge on any atom is 0.138 e. The van der Waals surface area contributed by atoms with Gasteiger partial charge in [0, 0.05) is 12.1 Å². The molecule has 3 N–H and O–H groups in total. The number of phenols is 1. The smallest absolute Gasteiger partial charge is 0.138 e. The van der Waals surface area contributed by atoms with Crippen molar-refractivity contribution in [1.29, 1.82) is 0 Å². The Bertz CT molecular complexity index is 706. The maximum absolute atomic E-state index is 9.81. The van der Waals surface area contributed by atoms with Gasteiger partial charge in [0.05, 0.1) is 22.6 Å². The van der Waals surface area contributed by atoms with Crippen LogP contribution in [0.1, 0.15) is 11.4 Å². The molecular weight excluding hydrogens is 274 g/mol. The molecule has 0 aliphatic heterocycles. The fourth-order valence-electron chi connectivity index (χ4n) is 2.11. The molecule has 0 atom stereocenters. The number of fused-ring (bicyclic) bond motifs is 1. The minimum Gasteiger partial charge on any atom is -0.506 e. The molecule has 0 unspecified atom stereocenters. The summed E-state index contributed by atoms with van der Waals surface area (Å²) in [4.78, 5) is 7.72. The van der Waals surface area contributed by atoms with Crippen LogP contribution < -0.4 is 5.32 Å². The van der Waals surface area contributed by atoms with E-state index in [2.05, 4.69) is 15.3 Å². The number of para-hydroxylation sites is 3. The van der Waals surface area contributed by atoms with Crippen molar-refractivity contribution < 1.29 is 5.11 Å². The molecule has 0 aliphatic carbocycles. The van der Waals surface area contributed by atoms with Crippen molar-refractivity contribution >= 4 is 22.6 Å². The van der Waals surface area contributed by atoms with Crippen molar-refractivity contribution in [2.75, 3.05) is 0 Å². The van der Waals surface area contributed by atoms with Crippen LogP contribution in [0.4, 0.5) is 0 Å². The van der Waals surface area contributed by atoms with Gasteiger partial charge in [0.15, 0.2) is 0 Å². The highest BCUT2D eigenvalue weighted by molar-refractivity contribution is 6.32. The van der Waals surface area contributed by atoms with Gasteiger partial charge < -0.3 is 15.4 Å². The number of aromatic amines is 1. The molecule has 0 spiro atoms. The molecular formula is C15H14ClN3O. The number of halogens is 1. The van der Waals surface area contributed by atoms with Crippen molar-refractivity contribution in [2.45, 2.75) is 13.1 Å². The van der Waals surface area contributed by atoms with E-state index in [1.807, 2.05) is 36.4 Å². The lowest BCUT2D eigenvalue weighted by Crippen LogP contribution is -2.13. The number of aromatic nitrogens is 2. The van der Waals surface area contributed by atoms with Crippen molar-refractivity contribution in [1.82, 2.24) is 15.3 Å². The number of rotatable bonds is 4. The lowest BCUT2D eigenvalue weighted by Gasteiger charge is -2.06. The molecule has 0 amide bonds. The Morgan fingerprint density at radius 2 is 1.95 bits per heavy atom. The first-order valence-electron chi connectivity index (χ1n) is 6.35. The number of hydrogen-bond donors (Lipinski definition) is 3. The van der Waals surface area contributed by atoms with Crippen LogP contribution in [0.3, 0.4) is 0 Å². The Balaban J connectivity index is 1.66. The Labute approximate surface area is 121 Å². The third kappa shape index (κ3) is 2.61. The average Bonchev–Trinajstić information content (AvgIpc) is 2.86. The van der Waals surface area contributed by atoms with Crippen molar-refractivity contribution in [3.63, 3.8) is 0 Å². The number of aromatic hydroxyl groups is 1. The normalized spacial score (nSPS) is 11.1. The van der Waals surface area contributed by atoms with E-state index in [4.69, 9.17) is 11.6 Å². The summed E-state index contributed by atoms with van der Waals surface area (Å²) in [5.41, 5.74) is 2.75. The van der Waals surface area contributed by atoms with E-state index in [9.17, 15) is 5.11 Å². The summed E-state index contributed by atoms with van der Waals surface area (Å²) in [7, 11) is 0. The second-order valence-electron chi connectivity index (χ2n) is 4.55. The van der Waals surface area contributed by atoms with E-state index >= 15 is 0 Å². The Kier molecular flexibility index (Phi) is 3.58. The van der Waals surface area contributed by atoms with Crippen molar-refractivity contribution in [3.05, 3.63) is 58.9 Å². The molecule has 1 heterocycles. The topological polar surface area (TPSA) is 60.9 Å². The Hall–Kier alpha value is -2.04. The first kappa shape index (κ1) is 13.0. The number of H-pyrrole nitrogens is 1. The molecule has 2 aromatic carbocycles. The molecule has 0 fully saturated rings. The molecule has 3 aromatic rings. The van der Waals surface area contributed by atoms with Gasteiger partial charge in [-0.2, -0.15) is 0 Å². The molecule has 1 aromatic heterocycles. The van der Waals surface area contributed by atoms with Gasteiger partial charge in [0.25, 0.3) is 0 Å². The van der Waals surface area contributed by atoms with Gasteiger partial charge in [-0.3, -0.25) is 0 Å². The van der Waals surface area contributed by atoms with Gasteiger partial charge in [-0.15, -0.1) is 0 Å². The van der Waals surface area contributed by atoms with E-state index in [0.717, 1.165) is 22.4 Å². The number of benzene rings is 2. The third-order valence-corrected chi connectivity index (χ3v) is 3.42. The van der Waals surface area contributed by atoms with Crippen LogP contribution in [0.15, 0.2) is 42.5 Å². The molecule has 0 saturated carbocycles. The Morgan fingerprint density at radius 1 is 1.10 bits per heavy atom. The predicted octanol–water partition coefficient (Wildman–Crippen LogP) is 3.21. The van der Waals surface area contributed by atoms with Crippen molar-refractivity contribution in [2.24, 2.45) is 0 Å². The zero-order chi connectivity index (χ0) is 13.9. The molecule has 4 nitrogen and oxygen atoms in total. The van der Waals surface area contributed by atoms with Crippen LogP contribution in [0, 0.1) is 0 Å². The van der Waals surface area contributed by atoms with Gasteiger partial charge in [-0.1, -0.05) is 35.9 Å². The van der Waals surface area contributed by atoms with Gasteiger partial charge in [0.2, 0.25) is 0 Å². The van der Waals surface area contributed by atoms with E-state index in [0.29, 0.717) is 18.1 Å². The average molecular weight is 288 g/mol. The molecule has 5 heteroatoms. The first-order chi connectivity index (χ1) is 9.74. The van der Waals surface area contributed by atoms with Gasteiger partial charge in [-0.25, -0.2) is 4.98 Å². The van der Waals surface area contributed by atoms with Crippen LogP contribution in [0.25, 0.3) is 11.0 Å². The lowest BCUT2D eigenvalue weighted by molar-refractivity contribution is 0.464. The number of nitrogens with zero attached hydrogens (tertiary/aromatic N) is 1. The highest BCUT2D eigenvalue weighted by atomic mass is 35.5. The second-order valence-corrected chi connectivity index (χ2v) is 4.96. The number of phenolic OH excluding ortho intramolecular Hbond substituents is 1. The maximum atomic E-state index is 9.81. The summed E-state index contributed by atoms with van der Waals surface area (Å²) in [5, 5.41) is 13.4. The lowest BCUT2D eigenvalue weighted by atomic mass is 10.2. The molecule has 0 bridgehead atoms. The fourth-order valence-corrected chi connectivity index (χ4v) is 2.30. The predicted molar refractivity (Wildman–Crippen MR) is 79.8 cm³/mol. The zero-order valence-electron chi connectivity index (χ0n) is 10.7. The minimum atomic E-state index is 0.131. The molecule has 0 saturated heterocycles. The van der Waals surface area contributed by atoms with Gasteiger partial charge in [-0.05, 0) is 18.2 Å². The number of imidazole rings is 1. The molecule has 3 rings (SSSR count). The van der Waals surface area contributed by atoms with Crippen molar-refractivity contribution in [3.8, 4) is 5.75 Å². The van der Waals surface area contributed by atoms with Crippen LogP contribution in [-0.2, 0) is 13.1 Å². The van der Waals surface area contributed by atoms with E-state index in [1.54, 1.807) is 6.07 Å². The summed E-state index contributed by atoms with van der Waals surface area (Å²) >= 11 is 5.87. The molecule has 20 heavy (non-hydrogen) atoms. The van der Waals surface area contributed by atoms with Crippen LogP contribution in [-0.4, -0.2) is 15.1 Å². The van der Waals surface area contributed by atoms with E-state index in [-0.39, 0.29) is 5.75 Å². The van der Waals surface area contributed by atoms with Crippen LogP contribution in [0.2, 0.25) is 5.02 Å². The summed E-state index contributed by atoms with van der Waals surface area (Å²) < 4.78 is 0. The largest absolute Gasteiger partial charge is 0.506 e. The second kappa shape index (κ2) is 5.53. The van der Waals surface area contributed by atoms with Gasteiger partial charge >= 0.3 is 0 Å². The summed E-state index contributed by atoms with van der Waals surface area (Å²) in [6, 6.07) is 13.2. The summed E-state index contributed by atoms with van der Waals surface area (Å²) in [6.45, 7) is 1.13. The third-order valence-electron chi connectivity index (χ3n) is 3.12. The first-order valence-corrected chi connectivity index (χ1v) is 6.72. The number of hydrogen-bond acceptors (Lipinski definition) is 3. The zero-order valence-corrected chi connectivity index (χ0v) is 11.5.